The minimum absolute atomic E-state index is 0.704. The Hall–Kier alpha value is -0.570. The summed E-state index contributed by atoms with van der Waals surface area (Å²) in [4.78, 5) is 4.84. The lowest BCUT2D eigenvalue weighted by atomic mass is 9.90. The second-order valence-electron chi connectivity index (χ2n) is 5.86. The number of hydrogen-bond donors (Lipinski definition) is 1. The van der Waals surface area contributed by atoms with Gasteiger partial charge in [-0.3, -0.25) is 0 Å². The molecule has 0 aromatic carbocycles. The topological polar surface area (TPSA) is 38.9 Å². The van der Waals surface area contributed by atoms with Crippen molar-refractivity contribution in [1.29, 1.82) is 0 Å². The molecule has 1 aromatic rings. The first-order valence-corrected chi connectivity index (χ1v) is 8.88. The molecule has 0 bridgehead atoms. The molecule has 1 heterocycles. The lowest BCUT2D eigenvalue weighted by Gasteiger charge is -2.18. The summed E-state index contributed by atoms with van der Waals surface area (Å²) in [7, 11) is 0. The van der Waals surface area contributed by atoms with Crippen molar-refractivity contribution in [1.82, 2.24) is 4.98 Å². The highest BCUT2D eigenvalue weighted by Crippen LogP contribution is 2.37. The summed E-state index contributed by atoms with van der Waals surface area (Å²) >= 11 is 1.76. The molecule has 0 amide bonds. The van der Waals surface area contributed by atoms with E-state index in [2.05, 4.69) is 6.92 Å². The van der Waals surface area contributed by atoms with Crippen molar-refractivity contribution >= 4 is 16.3 Å². The Morgan fingerprint density at radius 1 is 1.11 bits per heavy atom. The number of thiazole rings is 1. The van der Waals surface area contributed by atoms with E-state index in [-0.39, 0.29) is 0 Å². The van der Waals surface area contributed by atoms with E-state index >= 15 is 0 Å². The molecule has 2 N–H and O–H groups in total. The van der Waals surface area contributed by atoms with Crippen LogP contribution in [-0.2, 0) is 6.42 Å². The van der Waals surface area contributed by atoms with Crippen LogP contribution in [0.1, 0.15) is 87.8 Å². The summed E-state index contributed by atoms with van der Waals surface area (Å²) in [5, 5.41) is 2.30. The first-order chi connectivity index (χ1) is 9.31. The largest absolute Gasteiger partial charge is 0.389 e. The Balaban J connectivity index is 1.82. The van der Waals surface area contributed by atoms with Crippen LogP contribution in [0, 0.1) is 0 Å². The maximum absolute atomic E-state index is 6.14. The van der Waals surface area contributed by atoms with Gasteiger partial charge in [0.05, 0.1) is 10.7 Å². The van der Waals surface area contributed by atoms with Crippen LogP contribution in [0.3, 0.4) is 0 Å². The molecule has 0 atom stereocenters. The Kier molecular flexibility index (Phi) is 6.15. The average Bonchev–Trinajstić information content (AvgIpc) is 2.81. The number of aryl methyl sites for hydroxylation is 1. The van der Waals surface area contributed by atoms with Gasteiger partial charge in [0, 0.05) is 5.92 Å². The molecule has 2 rings (SSSR count). The smallest absolute Gasteiger partial charge is 0.109 e. The zero-order chi connectivity index (χ0) is 13.5. The van der Waals surface area contributed by atoms with Crippen molar-refractivity contribution in [3.05, 3.63) is 10.7 Å². The number of hydrogen-bond acceptors (Lipinski definition) is 3. The summed E-state index contributed by atoms with van der Waals surface area (Å²) in [6.07, 6.45) is 14.5. The zero-order valence-corrected chi connectivity index (χ0v) is 13.1. The standard InChI is InChI=1S/C16H28N2S/c1-2-3-4-5-9-12-14-15(17)19-16(18-14)13-10-7-6-8-11-13/h13H,2-12,17H2,1H3. The lowest BCUT2D eigenvalue weighted by molar-refractivity contribution is 0.442. The van der Waals surface area contributed by atoms with E-state index in [1.165, 1.54) is 74.9 Å². The fourth-order valence-electron chi connectivity index (χ4n) is 2.98. The number of nitrogen functional groups attached to an aromatic ring is 1. The van der Waals surface area contributed by atoms with Crippen LogP contribution < -0.4 is 5.73 Å². The van der Waals surface area contributed by atoms with E-state index in [0.717, 1.165) is 11.4 Å². The zero-order valence-electron chi connectivity index (χ0n) is 12.3. The third kappa shape index (κ3) is 4.48. The van der Waals surface area contributed by atoms with Crippen LogP contribution in [0.2, 0.25) is 0 Å². The van der Waals surface area contributed by atoms with Gasteiger partial charge in [-0.15, -0.1) is 11.3 Å². The number of anilines is 1. The summed E-state index contributed by atoms with van der Waals surface area (Å²) in [5.41, 5.74) is 7.33. The monoisotopic (exact) mass is 280 g/mol. The van der Waals surface area contributed by atoms with Crippen molar-refractivity contribution < 1.29 is 0 Å². The Morgan fingerprint density at radius 2 is 1.84 bits per heavy atom. The molecule has 1 aromatic heterocycles. The molecule has 1 aliphatic rings. The lowest BCUT2D eigenvalue weighted by Crippen LogP contribution is -2.04. The van der Waals surface area contributed by atoms with Crippen LogP contribution in [0.25, 0.3) is 0 Å². The molecule has 1 aliphatic carbocycles. The molecular weight excluding hydrogens is 252 g/mol. The normalized spacial score (nSPS) is 16.9. The fraction of sp³-hybridized carbons (Fsp3) is 0.812. The van der Waals surface area contributed by atoms with Gasteiger partial charge in [-0.2, -0.15) is 0 Å². The van der Waals surface area contributed by atoms with Gasteiger partial charge in [-0.05, 0) is 25.7 Å². The van der Waals surface area contributed by atoms with E-state index in [1.54, 1.807) is 11.3 Å². The molecule has 0 spiro atoms. The summed E-state index contributed by atoms with van der Waals surface area (Å²) in [6, 6.07) is 0. The molecule has 1 fully saturated rings. The SMILES string of the molecule is CCCCCCCc1nc(C2CCCCC2)sc1N. The van der Waals surface area contributed by atoms with E-state index in [4.69, 9.17) is 10.7 Å². The number of nitrogens with two attached hydrogens (primary N) is 1. The Bertz CT molecular complexity index is 367. The first kappa shape index (κ1) is 14.8. The number of rotatable bonds is 7. The van der Waals surface area contributed by atoms with Gasteiger partial charge >= 0.3 is 0 Å². The number of nitrogens with zero attached hydrogens (tertiary/aromatic N) is 1. The molecule has 108 valence electrons. The van der Waals surface area contributed by atoms with Crippen molar-refractivity contribution in [2.75, 3.05) is 5.73 Å². The van der Waals surface area contributed by atoms with E-state index in [1.807, 2.05) is 0 Å². The van der Waals surface area contributed by atoms with Crippen LogP contribution in [0.5, 0.6) is 0 Å². The van der Waals surface area contributed by atoms with Crippen molar-refractivity contribution in [2.45, 2.75) is 83.5 Å². The Morgan fingerprint density at radius 3 is 2.58 bits per heavy atom. The van der Waals surface area contributed by atoms with Crippen molar-refractivity contribution in [3.63, 3.8) is 0 Å². The van der Waals surface area contributed by atoms with Gasteiger partial charge in [0.15, 0.2) is 0 Å². The third-order valence-corrected chi connectivity index (χ3v) is 5.30. The molecule has 1 saturated carbocycles. The highest BCUT2D eigenvalue weighted by atomic mass is 32.1. The van der Waals surface area contributed by atoms with Crippen molar-refractivity contribution in [2.24, 2.45) is 0 Å². The molecule has 0 aliphatic heterocycles. The van der Waals surface area contributed by atoms with E-state index < -0.39 is 0 Å². The predicted octanol–water partition coefficient (Wildman–Crippen LogP) is 5.29. The van der Waals surface area contributed by atoms with Crippen LogP contribution in [0.4, 0.5) is 5.00 Å². The minimum Gasteiger partial charge on any atom is -0.389 e. The maximum Gasteiger partial charge on any atom is 0.109 e. The molecule has 19 heavy (non-hydrogen) atoms. The van der Waals surface area contributed by atoms with Crippen LogP contribution in [0.15, 0.2) is 0 Å². The summed E-state index contributed by atoms with van der Waals surface area (Å²) in [5.74, 6) is 0.704. The second-order valence-corrected chi connectivity index (χ2v) is 6.92. The number of unbranched alkanes of at least 4 members (excludes halogenated alkanes) is 4. The Labute approximate surface area is 121 Å². The highest BCUT2D eigenvalue weighted by molar-refractivity contribution is 7.15. The molecule has 3 heteroatoms. The molecule has 2 nitrogen and oxygen atoms in total. The molecule has 0 saturated heterocycles. The van der Waals surface area contributed by atoms with E-state index in [0.29, 0.717) is 5.92 Å². The van der Waals surface area contributed by atoms with Crippen LogP contribution in [-0.4, -0.2) is 4.98 Å². The summed E-state index contributed by atoms with van der Waals surface area (Å²) < 4.78 is 0. The highest BCUT2D eigenvalue weighted by Gasteiger charge is 2.20. The number of aromatic nitrogens is 1. The summed E-state index contributed by atoms with van der Waals surface area (Å²) in [6.45, 7) is 2.26. The van der Waals surface area contributed by atoms with Gasteiger partial charge < -0.3 is 5.73 Å². The molecule has 0 radical (unpaired) electrons. The average molecular weight is 280 g/mol. The van der Waals surface area contributed by atoms with Crippen molar-refractivity contribution in [3.8, 4) is 0 Å². The first-order valence-electron chi connectivity index (χ1n) is 8.06. The maximum atomic E-state index is 6.14. The van der Waals surface area contributed by atoms with Gasteiger partial charge in [-0.25, -0.2) is 4.98 Å². The minimum atomic E-state index is 0.704. The fourth-order valence-corrected chi connectivity index (χ4v) is 4.03. The van der Waals surface area contributed by atoms with Gasteiger partial charge in [-0.1, -0.05) is 51.9 Å². The molecular formula is C16H28N2S. The van der Waals surface area contributed by atoms with Crippen LogP contribution >= 0.6 is 11.3 Å². The third-order valence-electron chi connectivity index (χ3n) is 4.22. The second kappa shape index (κ2) is 7.88. The molecule has 0 unspecified atom stereocenters. The predicted molar refractivity (Wildman–Crippen MR) is 84.8 cm³/mol. The van der Waals surface area contributed by atoms with Gasteiger partial charge in [0.1, 0.15) is 5.00 Å². The van der Waals surface area contributed by atoms with E-state index in [9.17, 15) is 0 Å². The quantitative estimate of drug-likeness (QED) is 0.690. The van der Waals surface area contributed by atoms with Gasteiger partial charge in [0.25, 0.3) is 0 Å². The van der Waals surface area contributed by atoms with Gasteiger partial charge in [0.2, 0.25) is 0 Å².